The van der Waals surface area contributed by atoms with Crippen LogP contribution in [0.25, 0.3) is 0 Å². The first kappa shape index (κ1) is 80.4. The van der Waals surface area contributed by atoms with Gasteiger partial charge >= 0.3 is 0 Å². The Bertz CT molecular complexity index is 2640. The van der Waals surface area contributed by atoms with E-state index in [0.29, 0.717) is 19.3 Å². The lowest BCUT2D eigenvalue weighted by molar-refractivity contribution is -0.157. The molecular weight excluding hydrogens is 1170 g/mol. The van der Waals surface area contributed by atoms with Gasteiger partial charge in [0.15, 0.2) is 0 Å². The third-order valence-corrected chi connectivity index (χ3v) is 17.8. The van der Waals surface area contributed by atoms with E-state index < -0.39 is 155 Å². The quantitative estimate of drug-likeness (QED) is 0.150. The van der Waals surface area contributed by atoms with Gasteiger partial charge in [0.25, 0.3) is 0 Å². The minimum absolute atomic E-state index is 0.00784. The Labute approximate surface area is 543 Å². The maximum atomic E-state index is 15.4. The van der Waals surface area contributed by atoms with E-state index in [9.17, 15) is 38.7 Å². The van der Waals surface area contributed by atoms with E-state index in [2.05, 4.69) is 26.4 Å². The van der Waals surface area contributed by atoms with Crippen LogP contribution in [0.2, 0.25) is 0 Å². The predicted molar refractivity (Wildman–Crippen MR) is 350 cm³/mol. The van der Waals surface area contributed by atoms with Crippen molar-refractivity contribution < 1.29 is 57.8 Å². The lowest BCUT2D eigenvalue weighted by Crippen LogP contribution is -2.64. The standard InChI is InChI=1S/C66H117N13O12/c1-26-47-62(87)72(18)45(17)61(86)73(19)49(33-37(4)5)58(83)71-52(40(10)11)65(90)74(20)48(32-36(2)3)57(82)68-43(15)56(81)69-44(16)60(85)75(21)50(34-38(6)7)63(88)76(22)51(35-39(8)9)64(89)77(23)53(41(12)13)66(91)78(24)54(59(84)70-47)55(80)42(14)28-27-29-46-30-31-67-79(46)25/h30-31,36-45,47-55,80H,26-29,32-35H2,1-25H3,(H,68,82)(H,69,81)(H,70,84)(H,71,83)/t42-,43-,44+,45-,47-,48-,49+,50-,51-,52-,53-,54-,55-/m1/s1. The minimum Gasteiger partial charge on any atom is -0.390 e. The van der Waals surface area contributed by atoms with Crippen LogP contribution >= 0.6 is 0 Å². The molecule has 1 saturated heterocycles. The number of rotatable bonds is 17. The molecule has 0 saturated carbocycles. The molecule has 11 amide bonds. The molecule has 25 nitrogen and oxygen atoms in total. The van der Waals surface area contributed by atoms with Crippen molar-refractivity contribution in [3.8, 4) is 0 Å². The van der Waals surface area contributed by atoms with Gasteiger partial charge in [0.05, 0.1) is 6.10 Å². The van der Waals surface area contributed by atoms with E-state index in [1.165, 1.54) is 94.6 Å². The van der Waals surface area contributed by atoms with Crippen molar-refractivity contribution in [3.63, 3.8) is 0 Å². The van der Waals surface area contributed by atoms with Gasteiger partial charge in [0.1, 0.15) is 66.5 Å². The summed E-state index contributed by atoms with van der Waals surface area (Å²) in [5, 5.41) is 27.8. The summed E-state index contributed by atoms with van der Waals surface area (Å²) in [6.45, 7) is 29.7. The number of nitrogens with zero attached hydrogens (tertiary/aromatic N) is 9. The van der Waals surface area contributed by atoms with Crippen LogP contribution in [-0.2, 0) is 66.2 Å². The lowest BCUT2D eigenvalue weighted by Gasteiger charge is -2.41. The number of amides is 11. The number of carbonyl (C=O) groups excluding carboxylic acids is 11. The first-order chi connectivity index (χ1) is 42.1. The van der Waals surface area contributed by atoms with Crippen LogP contribution in [0.4, 0.5) is 0 Å². The van der Waals surface area contributed by atoms with E-state index in [1.807, 2.05) is 68.5 Å². The normalized spacial score (nSPS) is 26.7. The monoisotopic (exact) mass is 1280 g/mol. The molecule has 518 valence electrons. The first-order valence-corrected chi connectivity index (χ1v) is 32.8. The Kier molecular flexibility index (Phi) is 31.8. The number of aliphatic hydroxyl groups is 1. The van der Waals surface area contributed by atoms with Crippen LogP contribution in [0.3, 0.4) is 0 Å². The molecule has 2 heterocycles. The molecule has 0 spiro atoms. The Morgan fingerprint density at radius 2 is 0.879 bits per heavy atom. The van der Waals surface area contributed by atoms with Crippen molar-refractivity contribution in [2.45, 2.75) is 242 Å². The Morgan fingerprint density at radius 3 is 1.33 bits per heavy atom. The molecule has 1 fully saturated rings. The number of hydrogen-bond donors (Lipinski definition) is 5. The smallest absolute Gasteiger partial charge is 0.246 e. The summed E-state index contributed by atoms with van der Waals surface area (Å²) in [5.74, 6) is -9.81. The second kappa shape index (κ2) is 36.0. The van der Waals surface area contributed by atoms with Crippen LogP contribution in [0.15, 0.2) is 12.3 Å². The number of aromatic nitrogens is 2. The maximum absolute atomic E-state index is 15.4. The molecule has 91 heavy (non-hydrogen) atoms. The van der Waals surface area contributed by atoms with Crippen molar-refractivity contribution in [2.75, 3.05) is 49.3 Å². The molecule has 13 atom stereocenters. The van der Waals surface area contributed by atoms with Gasteiger partial charge in [0.2, 0.25) is 65.0 Å². The number of aliphatic hydroxyl groups excluding tert-OH is 1. The topological polar surface area (TPSA) is 297 Å². The summed E-state index contributed by atoms with van der Waals surface area (Å²) in [7, 11) is 11.8. The van der Waals surface area contributed by atoms with Gasteiger partial charge in [-0.25, -0.2) is 0 Å². The average molecular weight is 1280 g/mol. The first-order valence-electron chi connectivity index (χ1n) is 32.8. The highest BCUT2D eigenvalue weighted by atomic mass is 16.3. The Hall–Kier alpha value is -6.66. The molecule has 2 rings (SSSR count). The van der Waals surface area contributed by atoms with E-state index in [1.54, 1.807) is 52.4 Å². The van der Waals surface area contributed by atoms with Gasteiger partial charge in [-0.2, -0.15) is 5.10 Å². The number of aryl methyl sites for hydroxylation is 2. The van der Waals surface area contributed by atoms with E-state index in [4.69, 9.17) is 0 Å². The predicted octanol–water partition coefficient (Wildman–Crippen LogP) is 3.45. The van der Waals surface area contributed by atoms with Crippen LogP contribution in [0, 0.1) is 41.4 Å². The molecule has 1 aromatic rings. The third kappa shape index (κ3) is 21.7. The van der Waals surface area contributed by atoms with Crippen molar-refractivity contribution in [3.05, 3.63) is 18.0 Å². The number of nitrogens with one attached hydrogen (secondary N) is 4. The van der Waals surface area contributed by atoms with Crippen molar-refractivity contribution in [2.24, 2.45) is 48.5 Å². The lowest BCUT2D eigenvalue weighted by atomic mass is 9.90. The molecule has 0 bridgehead atoms. The molecule has 0 aliphatic carbocycles. The zero-order chi connectivity index (χ0) is 70.1. The molecule has 1 aliphatic heterocycles. The highest BCUT2D eigenvalue weighted by molar-refractivity contribution is 6.00. The second-order valence-electron chi connectivity index (χ2n) is 28.0. The Morgan fingerprint density at radius 1 is 0.451 bits per heavy atom. The summed E-state index contributed by atoms with van der Waals surface area (Å²) in [5.41, 5.74) is 0.948. The molecule has 25 heteroatoms. The van der Waals surface area contributed by atoms with Gasteiger partial charge < -0.3 is 60.7 Å². The van der Waals surface area contributed by atoms with E-state index in [-0.39, 0.29) is 55.8 Å². The molecule has 0 aromatic carbocycles. The molecular formula is C66H117N13O12. The van der Waals surface area contributed by atoms with Crippen LogP contribution in [0.1, 0.15) is 168 Å². The highest BCUT2D eigenvalue weighted by Crippen LogP contribution is 2.26. The molecule has 1 aliphatic rings. The largest absolute Gasteiger partial charge is 0.390 e. The van der Waals surface area contributed by atoms with Crippen LogP contribution in [0.5, 0.6) is 0 Å². The number of hydrogen-bond acceptors (Lipinski definition) is 13. The van der Waals surface area contributed by atoms with Crippen molar-refractivity contribution in [1.82, 2.24) is 65.3 Å². The van der Waals surface area contributed by atoms with Gasteiger partial charge in [-0.05, 0) is 120 Å². The van der Waals surface area contributed by atoms with Crippen molar-refractivity contribution >= 4 is 65.0 Å². The second-order valence-corrected chi connectivity index (χ2v) is 28.0. The molecule has 1 aromatic heterocycles. The molecule has 5 N–H and O–H groups in total. The van der Waals surface area contributed by atoms with E-state index >= 15 is 19.2 Å². The molecule has 0 radical (unpaired) electrons. The van der Waals surface area contributed by atoms with Crippen molar-refractivity contribution in [1.29, 1.82) is 0 Å². The highest BCUT2D eigenvalue weighted by Gasteiger charge is 2.46. The van der Waals surface area contributed by atoms with Gasteiger partial charge in [-0.1, -0.05) is 96.9 Å². The summed E-state index contributed by atoms with van der Waals surface area (Å²) >= 11 is 0. The minimum atomic E-state index is -1.63. The van der Waals surface area contributed by atoms with Crippen LogP contribution in [-0.4, -0.2) is 236 Å². The summed E-state index contributed by atoms with van der Waals surface area (Å²) in [4.78, 5) is 171. The molecule has 0 unspecified atom stereocenters. The Balaban J connectivity index is 3.01. The van der Waals surface area contributed by atoms with Gasteiger partial charge in [-0.3, -0.25) is 57.4 Å². The zero-order valence-corrected chi connectivity index (χ0v) is 59.7. The maximum Gasteiger partial charge on any atom is 0.246 e. The fourth-order valence-electron chi connectivity index (χ4n) is 11.8. The fourth-order valence-corrected chi connectivity index (χ4v) is 11.8. The van der Waals surface area contributed by atoms with Crippen LogP contribution < -0.4 is 21.3 Å². The SMILES string of the molecule is CC[C@H]1NC(=O)[C@@H]([C@H](O)[C@H](C)CCCc2ccnn2C)N(C)C(=O)[C@@H](C(C)C)N(C)C(=O)[C@@H](CC(C)C)N(C)C(=O)[C@@H](CC(C)C)N(C)C(=O)[C@H](C)NC(=O)[C@@H](C)NC(=O)[C@@H](CC(C)C)N(C)C(=O)[C@@H](C(C)C)NC(=O)[C@H](CC(C)C)N(C)C(=O)[C@@H](C)N(C)C1=O. The van der Waals surface area contributed by atoms with E-state index in [0.717, 1.165) is 15.5 Å². The zero-order valence-electron chi connectivity index (χ0n) is 59.7. The average Bonchev–Trinajstić information content (AvgIpc) is 1.19. The number of likely N-dealkylation sites (N-methyl/N-ethyl adjacent to an activating group) is 7. The fraction of sp³-hybridized carbons (Fsp3) is 0.788. The summed E-state index contributed by atoms with van der Waals surface area (Å²) < 4.78 is 1.74. The van der Waals surface area contributed by atoms with Gasteiger partial charge in [0, 0.05) is 68.3 Å². The summed E-state index contributed by atoms with van der Waals surface area (Å²) in [6, 6.07) is -11.8. The number of carbonyl (C=O) groups is 11. The van der Waals surface area contributed by atoms with Gasteiger partial charge in [-0.15, -0.1) is 0 Å². The summed E-state index contributed by atoms with van der Waals surface area (Å²) in [6.07, 6.45) is 2.33. The third-order valence-electron chi connectivity index (χ3n) is 17.8.